The van der Waals surface area contributed by atoms with Gasteiger partial charge < -0.3 is 10.1 Å². The van der Waals surface area contributed by atoms with Crippen molar-refractivity contribution in [3.05, 3.63) is 63.7 Å². The number of halogens is 5. The van der Waals surface area contributed by atoms with Gasteiger partial charge in [0.15, 0.2) is 0 Å². The van der Waals surface area contributed by atoms with Gasteiger partial charge in [0.05, 0.1) is 18.2 Å². The highest BCUT2D eigenvalue weighted by atomic mass is 35.5. The third kappa shape index (κ3) is 2.70. The number of amides is 1. The highest BCUT2D eigenvalue weighted by Gasteiger charge is 2.51. The molecule has 9 heteroatoms. The molecule has 1 unspecified atom stereocenters. The number of methoxy groups -OCH3 is 1. The van der Waals surface area contributed by atoms with Crippen molar-refractivity contribution in [2.24, 2.45) is 0 Å². The minimum atomic E-state index is -4.66. The summed E-state index contributed by atoms with van der Waals surface area (Å²) in [6, 6.07) is 5.71. The van der Waals surface area contributed by atoms with Gasteiger partial charge in [-0.1, -0.05) is 17.7 Å². The molecule has 136 valence electrons. The number of carbonyl (C=O) groups excluding carboxylic acids is 2. The van der Waals surface area contributed by atoms with Crippen LogP contribution in [0.25, 0.3) is 0 Å². The Balaban J connectivity index is 2.23. The predicted molar refractivity (Wildman–Crippen MR) is 84.8 cm³/mol. The van der Waals surface area contributed by atoms with Crippen LogP contribution < -0.4 is 5.32 Å². The third-order valence-corrected chi connectivity index (χ3v) is 4.27. The maximum Gasteiger partial charge on any atom is 0.416 e. The Bertz CT molecular complexity index is 929. The Morgan fingerprint density at radius 1 is 1.15 bits per heavy atom. The van der Waals surface area contributed by atoms with E-state index in [2.05, 4.69) is 10.1 Å². The zero-order chi connectivity index (χ0) is 19.3. The lowest BCUT2D eigenvalue weighted by Gasteiger charge is -2.21. The second kappa shape index (κ2) is 5.98. The highest BCUT2D eigenvalue weighted by Crippen LogP contribution is 2.47. The standard InChI is InChI=1S/C17H10ClF4NO3/c1-26-14(24)10-4-3-9(18)7-12(10)16(19)11-5-2-8(17(20,21)22)6-13(11)23-15(16)25/h2-7H,1H3,(H,23,25). The molecule has 3 rings (SSSR count). The molecule has 0 saturated carbocycles. The summed E-state index contributed by atoms with van der Waals surface area (Å²) >= 11 is 5.87. The van der Waals surface area contributed by atoms with Gasteiger partial charge in [-0.3, -0.25) is 4.79 Å². The predicted octanol–water partition coefficient (Wildman–Crippen LogP) is 4.31. The van der Waals surface area contributed by atoms with E-state index in [0.29, 0.717) is 12.1 Å². The van der Waals surface area contributed by atoms with Crippen LogP contribution in [0.1, 0.15) is 27.0 Å². The first-order valence-electron chi connectivity index (χ1n) is 7.19. The van der Waals surface area contributed by atoms with Crippen molar-refractivity contribution in [2.45, 2.75) is 11.8 Å². The minimum absolute atomic E-state index is 0.0397. The molecule has 2 aromatic carbocycles. The van der Waals surface area contributed by atoms with Gasteiger partial charge in [0.1, 0.15) is 0 Å². The topological polar surface area (TPSA) is 55.4 Å². The van der Waals surface area contributed by atoms with Gasteiger partial charge in [0, 0.05) is 21.8 Å². The maximum absolute atomic E-state index is 15.8. The first-order valence-corrected chi connectivity index (χ1v) is 7.57. The Labute approximate surface area is 149 Å². The fourth-order valence-corrected chi connectivity index (χ4v) is 2.98. The summed E-state index contributed by atoms with van der Waals surface area (Å²) in [4.78, 5) is 24.3. The number of benzene rings is 2. The van der Waals surface area contributed by atoms with Crippen molar-refractivity contribution in [3.63, 3.8) is 0 Å². The Morgan fingerprint density at radius 3 is 2.46 bits per heavy atom. The molecule has 0 fully saturated rings. The molecule has 0 spiro atoms. The lowest BCUT2D eigenvalue weighted by molar-refractivity contribution is -0.137. The second-order valence-electron chi connectivity index (χ2n) is 5.55. The van der Waals surface area contributed by atoms with Crippen molar-refractivity contribution in [1.29, 1.82) is 0 Å². The largest absolute Gasteiger partial charge is 0.465 e. The number of hydrogen-bond acceptors (Lipinski definition) is 3. The first kappa shape index (κ1) is 18.2. The van der Waals surface area contributed by atoms with Crippen molar-refractivity contribution >= 4 is 29.2 Å². The molecule has 1 atom stereocenters. The number of fused-ring (bicyclic) bond motifs is 1. The molecule has 26 heavy (non-hydrogen) atoms. The van der Waals surface area contributed by atoms with Crippen molar-refractivity contribution in [1.82, 2.24) is 0 Å². The molecule has 0 radical (unpaired) electrons. The van der Waals surface area contributed by atoms with Crippen LogP contribution in [0.15, 0.2) is 36.4 Å². The lowest BCUT2D eigenvalue weighted by atomic mass is 9.85. The molecule has 0 saturated heterocycles. The van der Waals surface area contributed by atoms with Crippen LogP contribution in [-0.2, 0) is 21.4 Å². The Morgan fingerprint density at radius 2 is 1.85 bits per heavy atom. The smallest absolute Gasteiger partial charge is 0.416 e. The summed E-state index contributed by atoms with van der Waals surface area (Å²) in [5.41, 5.74) is -5.28. The van der Waals surface area contributed by atoms with Gasteiger partial charge in [-0.05, 0) is 30.3 Å². The zero-order valence-electron chi connectivity index (χ0n) is 13.1. The molecule has 0 aromatic heterocycles. The van der Waals surface area contributed by atoms with Crippen molar-refractivity contribution in [3.8, 4) is 0 Å². The molecule has 2 aromatic rings. The van der Waals surface area contributed by atoms with E-state index in [-0.39, 0.29) is 21.8 Å². The van der Waals surface area contributed by atoms with Crippen LogP contribution in [0.4, 0.5) is 23.2 Å². The number of rotatable bonds is 2. The number of ether oxygens (including phenoxy) is 1. The minimum Gasteiger partial charge on any atom is -0.465 e. The average Bonchev–Trinajstić information content (AvgIpc) is 2.84. The van der Waals surface area contributed by atoms with Crippen LogP contribution in [0, 0.1) is 0 Å². The molecular formula is C17H10ClF4NO3. The van der Waals surface area contributed by atoms with Gasteiger partial charge in [-0.15, -0.1) is 0 Å². The molecular weight excluding hydrogens is 378 g/mol. The summed E-state index contributed by atoms with van der Waals surface area (Å²) in [6.07, 6.45) is -4.66. The van der Waals surface area contributed by atoms with Crippen LogP contribution in [0.3, 0.4) is 0 Å². The van der Waals surface area contributed by atoms with E-state index in [1.807, 2.05) is 0 Å². The highest BCUT2D eigenvalue weighted by molar-refractivity contribution is 6.31. The lowest BCUT2D eigenvalue weighted by Crippen LogP contribution is -2.32. The summed E-state index contributed by atoms with van der Waals surface area (Å²) in [6.45, 7) is 0. The van der Waals surface area contributed by atoms with Crippen LogP contribution in [-0.4, -0.2) is 19.0 Å². The van der Waals surface area contributed by atoms with E-state index >= 15 is 4.39 Å². The number of alkyl halides is 4. The molecule has 1 aliphatic rings. The van der Waals surface area contributed by atoms with E-state index in [4.69, 9.17) is 11.6 Å². The van der Waals surface area contributed by atoms with Gasteiger partial charge in [0.25, 0.3) is 5.91 Å². The molecule has 1 amide bonds. The summed E-state index contributed by atoms with van der Waals surface area (Å²) in [7, 11) is 1.07. The van der Waals surface area contributed by atoms with E-state index in [1.165, 1.54) is 12.1 Å². The van der Waals surface area contributed by atoms with Gasteiger partial charge in [0.2, 0.25) is 5.67 Å². The van der Waals surface area contributed by atoms with Crippen molar-refractivity contribution < 1.29 is 31.9 Å². The summed E-state index contributed by atoms with van der Waals surface area (Å²) in [5.74, 6) is -2.14. The second-order valence-corrected chi connectivity index (χ2v) is 5.99. The van der Waals surface area contributed by atoms with Crippen molar-refractivity contribution in [2.75, 3.05) is 12.4 Å². The maximum atomic E-state index is 15.8. The number of hydrogen-bond donors (Lipinski definition) is 1. The molecule has 4 nitrogen and oxygen atoms in total. The normalized spacial score (nSPS) is 19.1. The number of nitrogens with one attached hydrogen (secondary N) is 1. The SMILES string of the molecule is COC(=O)c1ccc(Cl)cc1C1(F)C(=O)Nc2cc(C(F)(F)F)ccc21. The molecule has 0 bridgehead atoms. The number of carbonyl (C=O) groups is 2. The van der Waals surface area contributed by atoms with Gasteiger partial charge >= 0.3 is 12.1 Å². The fourth-order valence-electron chi connectivity index (χ4n) is 2.81. The number of esters is 1. The molecule has 1 N–H and O–H groups in total. The monoisotopic (exact) mass is 387 g/mol. The summed E-state index contributed by atoms with van der Waals surface area (Å²) < 4.78 is 59.0. The van der Waals surface area contributed by atoms with Gasteiger partial charge in [-0.2, -0.15) is 13.2 Å². The Kier molecular flexibility index (Phi) is 4.18. The quantitative estimate of drug-likeness (QED) is 0.617. The first-order chi connectivity index (χ1) is 12.1. The number of anilines is 1. The fraction of sp³-hybridized carbons (Fsp3) is 0.176. The summed E-state index contributed by atoms with van der Waals surface area (Å²) in [5, 5.41) is 2.13. The molecule has 1 aliphatic heterocycles. The van der Waals surface area contributed by atoms with E-state index in [1.54, 1.807) is 0 Å². The van der Waals surface area contributed by atoms with E-state index in [0.717, 1.165) is 19.2 Å². The molecule has 1 heterocycles. The Hall–Kier alpha value is -2.61. The third-order valence-electron chi connectivity index (χ3n) is 4.04. The van der Waals surface area contributed by atoms with E-state index in [9.17, 15) is 22.8 Å². The zero-order valence-corrected chi connectivity index (χ0v) is 13.8. The van der Waals surface area contributed by atoms with Crippen LogP contribution in [0.5, 0.6) is 0 Å². The van der Waals surface area contributed by atoms with Crippen LogP contribution >= 0.6 is 11.6 Å². The van der Waals surface area contributed by atoms with Gasteiger partial charge in [-0.25, -0.2) is 9.18 Å². The van der Waals surface area contributed by atoms with Crippen LogP contribution in [0.2, 0.25) is 5.02 Å². The average molecular weight is 388 g/mol. The molecule has 0 aliphatic carbocycles. The van der Waals surface area contributed by atoms with E-state index < -0.39 is 34.8 Å².